The lowest BCUT2D eigenvalue weighted by Gasteiger charge is -2.19. The maximum atomic E-state index is 12.2. The number of carbonyl (C=O) groups is 1. The highest BCUT2D eigenvalue weighted by Crippen LogP contribution is 2.20. The van der Waals surface area contributed by atoms with Gasteiger partial charge >= 0.3 is 6.18 Å². The highest BCUT2D eigenvalue weighted by atomic mass is 19.4. The smallest absolute Gasteiger partial charge is 0.373 e. The monoisotopic (exact) mass is 303 g/mol. The lowest BCUT2D eigenvalue weighted by atomic mass is 10.1. The number of alkyl halides is 3. The fourth-order valence-corrected chi connectivity index (χ4v) is 1.84. The summed E-state index contributed by atoms with van der Waals surface area (Å²) >= 11 is 0. The minimum atomic E-state index is -4.27. The Labute approximate surface area is 122 Å². The standard InChI is InChI=1S/C14H20F3N3O/c1-4-5-11-8-10(9-12(18-2)19-11)13(21)20(3)7-6-14(15,16)17/h8-9H,4-7H2,1-3H3,(H,18,19). The van der Waals surface area contributed by atoms with E-state index in [0.717, 1.165) is 17.0 Å². The van der Waals surface area contributed by atoms with Gasteiger partial charge in [0.2, 0.25) is 0 Å². The molecule has 0 bridgehead atoms. The van der Waals surface area contributed by atoms with Gasteiger partial charge in [0.25, 0.3) is 5.91 Å². The number of rotatable bonds is 6. The summed E-state index contributed by atoms with van der Waals surface area (Å²) in [5.41, 5.74) is 1.10. The van der Waals surface area contributed by atoms with Gasteiger partial charge in [-0.05, 0) is 18.6 Å². The Morgan fingerprint density at radius 1 is 1.38 bits per heavy atom. The summed E-state index contributed by atoms with van der Waals surface area (Å²) in [5, 5.41) is 2.85. The van der Waals surface area contributed by atoms with E-state index in [1.165, 1.54) is 7.05 Å². The quantitative estimate of drug-likeness (QED) is 0.878. The van der Waals surface area contributed by atoms with Crippen LogP contribution in [0.5, 0.6) is 0 Å². The Morgan fingerprint density at radius 3 is 2.57 bits per heavy atom. The Kier molecular flexibility index (Phi) is 5.99. The van der Waals surface area contributed by atoms with Crippen molar-refractivity contribution >= 4 is 11.7 Å². The number of amides is 1. The van der Waals surface area contributed by atoms with Crippen molar-refractivity contribution < 1.29 is 18.0 Å². The van der Waals surface area contributed by atoms with Crippen LogP contribution in [0, 0.1) is 0 Å². The number of halogens is 3. The summed E-state index contributed by atoms with van der Waals surface area (Å²) < 4.78 is 36.6. The molecule has 0 radical (unpaired) electrons. The first-order valence-corrected chi connectivity index (χ1v) is 6.77. The fourth-order valence-electron chi connectivity index (χ4n) is 1.84. The van der Waals surface area contributed by atoms with E-state index in [1.54, 1.807) is 19.2 Å². The molecule has 0 aliphatic rings. The SMILES string of the molecule is CCCc1cc(C(=O)N(C)CCC(F)(F)F)cc(NC)n1. The van der Waals surface area contributed by atoms with Crippen LogP contribution >= 0.6 is 0 Å². The molecule has 4 nitrogen and oxygen atoms in total. The van der Waals surface area contributed by atoms with Gasteiger partial charge in [0.1, 0.15) is 5.82 Å². The number of aromatic nitrogens is 1. The van der Waals surface area contributed by atoms with Crippen LogP contribution in [0.2, 0.25) is 0 Å². The molecule has 0 spiro atoms. The Bertz CT molecular complexity index is 489. The molecule has 1 aromatic rings. The summed E-state index contributed by atoms with van der Waals surface area (Å²) in [6, 6.07) is 3.18. The summed E-state index contributed by atoms with van der Waals surface area (Å²) in [7, 11) is 3.05. The van der Waals surface area contributed by atoms with Crippen LogP contribution in [0.3, 0.4) is 0 Å². The van der Waals surface area contributed by atoms with E-state index in [1.807, 2.05) is 6.92 Å². The lowest BCUT2D eigenvalue weighted by molar-refractivity contribution is -0.136. The maximum absolute atomic E-state index is 12.2. The maximum Gasteiger partial charge on any atom is 0.390 e. The molecule has 0 aliphatic carbocycles. The third kappa shape index (κ3) is 5.61. The minimum Gasteiger partial charge on any atom is -0.373 e. The molecule has 1 aromatic heterocycles. The van der Waals surface area contributed by atoms with Crippen molar-refractivity contribution in [3.8, 4) is 0 Å². The number of nitrogens with zero attached hydrogens (tertiary/aromatic N) is 2. The highest BCUT2D eigenvalue weighted by molar-refractivity contribution is 5.94. The molecular formula is C14H20F3N3O. The fraction of sp³-hybridized carbons (Fsp3) is 0.571. The number of pyridine rings is 1. The van der Waals surface area contributed by atoms with Gasteiger partial charge < -0.3 is 10.2 Å². The Hall–Kier alpha value is -1.79. The van der Waals surface area contributed by atoms with Crippen molar-refractivity contribution in [1.82, 2.24) is 9.88 Å². The van der Waals surface area contributed by atoms with Gasteiger partial charge in [-0.1, -0.05) is 13.3 Å². The van der Waals surface area contributed by atoms with Crippen LogP contribution < -0.4 is 5.32 Å². The second-order valence-electron chi connectivity index (χ2n) is 4.82. The van der Waals surface area contributed by atoms with Crippen LogP contribution in [-0.2, 0) is 6.42 Å². The first kappa shape index (κ1) is 17.3. The Morgan fingerprint density at radius 2 is 2.05 bits per heavy atom. The van der Waals surface area contributed by atoms with E-state index in [9.17, 15) is 18.0 Å². The van der Waals surface area contributed by atoms with Crippen LogP contribution in [0.15, 0.2) is 12.1 Å². The van der Waals surface area contributed by atoms with E-state index in [2.05, 4.69) is 10.3 Å². The molecule has 7 heteroatoms. The molecule has 118 valence electrons. The first-order chi connectivity index (χ1) is 9.76. The Balaban J connectivity index is 2.87. The molecule has 0 aromatic carbocycles. The number of nitrogens with one attached hydrogen (secondary N) is 1. The first-order valence-electron chi connectivity index (χ1n) is 6.77. The van der Waals surface area contributed by atoms with Crippen molar-refractivity contribution in [2.45, 2.75) is 32.4 Å². The summed E-state index contributed by atoms with van der Waals surface area (Å²) in [5.74, 6) is 0.101. The van der Waals surface area contributed by atoms with Crippen molar-refractivity contribution in [2.75, 3.05) is 26.0 Å². The van der Waals surface area contributed by atoms with Crippen molar-refractivity contribution in [1.29, 1.82) is 0 Å². The molecule has 0 fully saturated rings. The summed E-state index contributed by atoms with van der Waals surface area (Å²) in [4.78, 5) is 17.6. The third-order valence-corrected chi connectivity index (χ3v) is 2.97. The molecule has 0 saturated carbocycles. The number of hydrogen-bond donors (Lipinski definition) is 1. The summed E-state index contributed by atoms with van der Waals surface area (Å²) in [6.07, 6.45) is -3.70. The molecule has 1 N–H and O–H groups in total. The third-order valence-electron chi connectivity index (χ3n) is 2.97. The van der Waals surface area contributed by atoms with Crippen molar-refractivity contribution in [3.05, 3.63) is 23.4 Å². The second-order valence-corrected chi connectivity index (χ2v) is 4.82. The molecule has 0 unspecified atom stereocenters. The molecular weight excluding hydrogens is 283 g/mol. The van der Waals surface area contributed by atoms with Gasteiger partial charge in [-0.2, -0.15) is 13.2 Å². The average molecular weight is 303 g/mol. The highest BCUT2D eigenvalue weighted by Gasteiger charge is 2.28. The zero-order valence-corrected chi connectivity index (χ0v) is 12.4. The van der Waals surface area contributed by atoms with Gasteiger partial charge in [0.15, 0.2) is 0 Å². The number of carbonyl (C=O) groups excluding carboxylic acids is 1. The van der Waals surface area contributed by atoms with Gasteiger partial charge in [-0.15, -0.1) is 0 Å². The minimum absolute atomic E-state index is 0.350. The van der Waals surface area contributed by atoms with E-state index in [4.69, 9.17) is 0 Å². The average Bonchev–Trinajstić information content (AvgIpc) is 2.43. The van der Waals surface area contributed by atoms with Crippen LogP contribution in [0.4, 0.5) is 19.0 Å². The van der Waals surface area contributed by atoms with E-state index >= 15 is 0 Å². The van der Waals surface area contributed by atoms with Crippen LogP contribution in [-0.4, -0.2) is 42.6 Å². The molecule has 0 atom stereocenters. The summed E-state index contributed by atoms with van der Waals surface area (Å²) in [6.45, 7) is 1.63. The van der Waals surface area contributed by atoms with E-state index in [-0.39, 0.29) is 6.54 Å². The zero-order chi connectivity index (χ0) is 16.0. The molecule has 21 heavy (non-hydrogen) atoms. The van der Waals surface area contributed by atoms with Gasteiger partial charge in [-0.3, -0.25) is 4.79 Å². The molecule has 1 heterocycles. The predicted octanol–water partition coefficient (Wildman–Crippen LogP) is 3.10. The van der Waals surface area contributed by atoms with Crippen LogP contribution in [0.1, 0.15) is 35.8 Å². The zero-order valence-electron chi connectivity index (χ0n) is 12.4. The van der Waals surface area contributed by atoms with Gasteiger partial charge in [0, 0.05) is 31.9 Å². The van der Waals surface area contributed by atoms with Gasteiger partial charge in [-0.25, -0.2) is 4.98 Å². The van der Waals surface area contributed by atoms with E-state index < -0.39 is 18.5 Å². The number of anilines is 1. The number of hydrogen-bond acceptors (Lipinski definition) is 3. The molecule has 0 aliphatic heterocycles. The number of aryl methyl sites for hydroxylation is 1. The second kappa shape index (κ2) is 7.28. The molecule has 1 amide bonds. The van der Waals surface area contributed by atoms with E-state index in [0.29, 0.717) is 17.8 Å². The molecule has 1 rings (SSSR count). The lowest BCUT2D eigenvalue weighted by Crippen LogP contribution is -2.30. The predicted molar refractivity (Wildman–Crippen MR) is 75.4 cm³/mol. The topological polar surface area (TPSA) is 45.2 Å². The van der Waals surface area contributed by atoms with Crippen LogP contribution in [0.25, 0.3) is 0 Å². The molecule has 0 saturated heterocycles. The van der Waals surface area contributed by atoms with Gasteiger partial charge in [0.05, 0.1) is 6.42 Å². The van der Waals surface area contributed by atoms with Crippen molar-refractivity contribution in [3.63, 3.8) is 0 Å². The normalized spacial score (nSPS) is 11.3. The largest absolute Gasteiger partial charge is 0.390 e. The van der Waals surface area contributed by atoms with Crippen molar-refractivity contribution in [2.24, 2.45) is 0 Å².